The van der Waals surface area contributed by atoms with Crippen LogP contribution in [0.5, 0.6) is 0 Å². The molecule has 37 heavy (non-hydrogen) atoms. The highest BCUT2D eigenvalue weighted by molar-refractivity contribution is 7.80. The van der Waals surface area contributed by atoms with Crippen molar-refractivity contribution in [2.24, 2.45) is 0 Å². The minimum Gasteiger partial charge on any atom is -0.475 e. The summed E-state index contributed by atoms with van der Waals surface area (Å²) in [7, 11) is 0. The molecule has 0 fully saturated rings. The predicted molar refractivity (Wildman–Crippen MR) is 153 cm³/mol. The van der Waals surface area contributed by atoms with Crippen LogP contribution in [0.2, 0.25) is 0 Å². The lowest BCUT2D eigenvalue weighted by molar-refractivity contribution is 0.0959. The van der Waals surface area contributed by atoms with E-state index in [0.29, 0.717) is 16.3 Å². The molecule has 1 amide bonds. The van der Waals surface area contributed by atoms with Crippen LogP contribution >= 0.6 is 12.2 Å². The number of hydrogen-bond acceptors (Lipinski definition) is 6. The number of aryl methyl sites for hydroxylation is 2. The number of hydrogen-bond donors (Lipinski definition) is 3. The number of ether oxygens (including phenoxy) is 1. The van der Waals surface area contributed by atoms with Gasteiger partial charge in [-0.25, -0.2) is 0 Å². The number of fused-ring (bicyclic) bond motifs is 1. The maximum Gasteiger partial charge on any atom is 0.254 e. The summed E-state index contributed by atoms with van der Waals surface area (Å²) in [6.07, 6.45) is 3.92. The van der Waals surface area contributed by atoms with Crippen molar-refractivity contribution in [1.29, 1.82) is 0 Å². The second-order valence-electron chi connectivity index (χ2n) is 8.40. The van der Waals surface area contributed by atoms with Gasteiger partial charge in [0.2, 0.25) is 0 Å². The van der Waals surface area contributed by atoms with E-state index >= 15 is 0 Å². The summed E-state index contributed by atoms with van der Waals surface area (Å²) in [4.78, 5) is 17.3. The van der Waals surface area contributed by atoms with Crippen molar-refractivity contribution in [2.45, 2.75) is 20.8 Å². The summed E-state index contributed by atoms with van der Waals surface area (Å²) in [5.41, 5.74) is 6.79. The number of amides is 1. The van der Waals surface area contributed by atoms with Gasteiger partial charge in [-0.1, -0.05) is 24.0 Å². The fourth-order valence-electron chi connectivity index (χ4n) is 3.78. The Morgan fingerprint density at radius 2 is 1.95 bits per heavy atom. The average molecular weight is 510 g/mol. The summed E-state index contributed by atoms with van der Waals surface area (Å²) < 4.78 is 5.11. The van der Waals surface area contributed by atoms with Gasteiger partial charge >= 0.3 is 0 Å². The van der Waals surface area contributed by atoms with Crippen molar-refractivity contribution in [3.8, 4) is 11.8 Å². The molecular formula is C29H27N5O2S. The molecule has 4 aromatic rings. The SMILES string of the molecule is CC(=S)OCC#CCNC(=O)c1ccccc1Nc1ccc2c(/C=C/c3cc(C)cc(C)n3)n[nH]c2c1. The van der Waals surface area contributed by atoms with Crippen molar-refractivity contribution >= 4 is 57.6 Å². The molecule has 0 radical (unpaired) electrons. The maximum absolute atomic E-state index is 12.7. The molecule has 8 heteroatoms. The standard InChI is InChI=1S/C29H27N5O2S/c1-19-16-20(2)31-22(17-19)11-13-27-24-12-10-23(18-28(24)34-33-27)32-26-9-5-4-8-25(26)29(35)30-14-6-7-15-36-21(3)37/h4-5,8-13,16-18,32H,14-15H2,1-3H3,(H,30,35)(H,33,34)/b13-11+. The smallest absolute Gasteiger partial charge is 0.254 e. The molecule has 2 aromatic carbocycles. The van der Waals surface area contributed by atoms with E-state index in [1.165, 1.54) is 5.56 Å². The number of thiocarbonyl (C=S) groups is 1. The molecule has 0 aliphatic heterocycles. The van der Waals surface area contributed by atoms with E-state index in [-0.39, 0.29) is 19.1 Å². The van der Waals surface area contributed by atoms with Crippen LogP contribution in [-0.4, -0.2) is 39.3 Å². The lowest BCUT2D eigenvalue weighted by atomic mass is 10.1. The van der Waals surface area contributed by atoms with Crippen LogP contribution in [0.1, 0.15) is 39.9 Å². The molecule has 2 aromatic heterocycles. The van der Waals surface area contributed by atoms with Crippen LogP contribution in [0.15, 0.2) is 54.6 Å². The molecular weight excluding hydrogens is 482 g/mol. The Hall–Kier alpha value is -4.48. The molecule has 0 saturated carbocycles. The second kappa shape index (κ2) is 12.0. The van der Waals surface area contributed by atoms with Crippen molar-refractivity contribution in [2.75, 3.05) is 18.5 Å². The van der Waals surface area contributed by atoms with Crippen LogP contribution < -0.4 is 10.6 Å². The lowest BCUT2D eigenvalue weighted by Crippen LogP contribution is -2.24. The van der Waals surface area contributed by atoms with Gasteiger partial charge in [0.25, 0.3) is 5.91 Å². The highest BCUT2D eigenvalue weighted by Gasteiger charge is 2.11. The number of aromatic nitrogens is 3. The van der Waals surface area contributed by atoms with Crippen LogP contribution in [0.4, 0.5) is 11.4 Å². The molecule has 0 saturated heterocycles. The van der Waals surface area contributed by atoms with Crippen LogP contribution in [-0.2, 0) is 4.74 Å². The largest absolute Gasteiger partial charge is 0.475 e. The zero-order valence-corrected chi connectivity index (χ0v) is 21.7. The summed E-state index contributed by atoms with van der Waals surface area (Å²) in [5, 5.41) is 15.1. The Kier molecular flexibility index (Phi) is 8.29. The van der Waals surface area contributed by atoms with E-state index in [0.717, 1.165) is 33.7 Å². The first kappa shape index (κ1) is 25.6. The zero-order chi connectivity index (χ0) is 26.2. The molecule has 0 aliphatic carbocycles. The Labute approximate surface area is 221 Å². The average Bonchev–Trinajstić information content (AvgIpc) is 3.26. The van der Waals surface area contributed by atoms with E-state index in [9.17, 15) is 4.79 Å². The molecule has 2 heterocycles. The van der Waals surface area contributed by atoms with Gasteiger partial charge in [-0.05, 0) is 86.2 Å². The van der Waals surface area contributed by atoms with E-state index in [2.05, 4.69) is 44.6 Å². The minimum absolute atomic E-state index is 0.208. The van der Waals surface area contributed by atoms with Crippen molar-refractivity contribution in [1.82, 2.24) is 20.5 Å². The first-order chi connectivity index (χ1) is 17.9. The number of benzene rings is 2. The van der Waals surface area contributed by atoms with Crippen molar-refractivity contribution < 1.29 is 9.53 Å². The number of nitrogens with one attached hydrogen (secondary N) is 3. The zero-order valence-electron chi connectivity index (χ0n) is 20.9. The third-order valence-corrected chi connectivity index (χ3v) is 5.50. The Bertz CT molecular complexity index is 1520. The van der Waals surface area contributed by atoms with Gasteiger partial charge < -0.3 is 15.4 Å². The van der Waals surface area contributed by atoms with Gasteiger partial charge in [-0.15, -0.1) is 0 Å². The molecule has 7 nitrogen and oxygen atoms in total. The van der Waals surface area contributed by atoms with Gasteiger partial charge in [0.15, 0.2) is 5.05 Å². The van der Waals surface area contributed by atoms with Crippen LogP contribution in [0.25, 0.3) is 23.1 Å². The number of carbonyl (C=O) groups is 1. The van der Waals surface area contributed by atoms with E-state index in [1.54, 1.807) is 13.0 Å². The minimum atomic E-state index is -0.223. The van der Waals surface area contributed by atoms with Gasteiger partial charge in [0.05, 0.1) is 34.7 Å². The molecule has 186 valence electrons. The number of para-hydroxylation sites is 1. The molecule has 0 spiro atoms. The molecule has 0 aliphatic rings. The van der Waals surface area contributed by atoms with E-state index in [1.807, 2.05) is 67.6 Å². The summed E-state index contributed by atoms with van der Waals surface area (Å²) in [5.74, 6) is 5.44. The van der Waals surface area contributed by atoms with Crippen molar-refractivity contribution in [3.05, 3.63) is 82.8 Å². The topological polar surface area (TPSA) is 91.9 Å². The Balaban J connectivity index is 1.45. The number of anilines is 2. The third kappa shape index (κ3) is 7.03. The summed E-state index contributed by atoms with van der Waals surface area (Å²) in [6.45, 7) is 6.15. The second-order valence-corrected chi connectivity index (χ2v) is 8.98. The fourth-order valence-corrected chi connectivity index (χ4v) is 3.84. The number of pyridine rings is 1. The van der Waals surface area contributed by atoms with Gasteiger partial charge in [0.1, 0.15) is 6.61 Å². The molecule has 3 N–H and O–H groups in total. The highest BCUT2D eigenvalue weighted by atomic mass is 32.1. The van der Waals surface area contributed by atoms with Crippen LogP contribution in [0, 0.1) is 25.7 Å². The Morgan fingerprint density at radius 1 is 1.11 bits per heavy atom. The van der Waals surface area contributed by atoms with E-state index < -0.39 is 0 Å². The fraction of sp³-hybridized carbons (Fsp3) is 0.172. The maximum atomic E-state index is 12.7. The van der Waals surface area contributed by atoms with Gasteiger partial charge in [-0.2, -0.15) is 5.10 Å². The predicted octanol–water partition coefficient (Wildman–Crippen LogP) is 5.59. The lowest BCUT2D eigenvalue weighted by Gasteiger charge is -2.11. The first-order valence-electron chi connectivity index (χ1n) is 11.7. The molecule has 0 atom stereocenters. The number of nitrogens with zero attached hydrogens (tertiary/aromatic N) is 2. The monoisotopic (exact) mass is 509 g/mol. The van der Waals surface area contributed by atoms with Gasteiger partial charge in [-0.3, -0.25) is 14.9 Å². The summed E-state index contributed by atoms with van der Waals surface area (Å²) >= 11 is 4.83. The molecule has 0 unspecified atom stereocenters. The first-order valence-corrected chi connectivity index (χ1v) is 12.1. The third-order valence-electron chi connectivity index (χ3n) is 5.38. The normalized spacial score (nSPS) is 10.7. The Morgan fingerprint density at radius 3 is 2.76 bits per heavy atom. The number of carbonyl (C=O) groups excluding carboxylic acids is 1. The van der Waals surface area contributed by atoms with Crippen molar-refractivity contribution in [3.63, 3.8) is 0 Å². The van der Waals surface area contributed by atoms with Crippen LogP contribution in [0.3, 0.4) is 0 Å². The number of aromatic amines is 1. The van der Waals surface area contributed by atoms with Gasteiger partial charge in [0, 0.05) is 23.7 Å². The number of rotatable bonds is 7. The molecule has 4 rings (SSSR count). The van der Waals surface area contributed by atoms with E-state index in [4.69, 9.17) is 17.0 Å². The molecule has 0 bridgehead atoms. The quantitative estimate of drug-likeness (QED) is 0.222. The highest BCUT2D eigenvalue weighted by Crippen LogP contribution is 2.26. The number of H-pyrrole nitrogens is 1. The summed E-state index contributed by atoms with van der Waals surface area (Å²) in [6, 6.07) is 17.3.